The summed E-state index contributed by atoms with van der Waals surface area (Å²) >= 11 is 0. The number of rotatable bonds is 6. The Morgan fingerprint density at radius 1 is 0.938 bits per heavy atom. The van der Waals surface area contributed by atoms with Crippen LogP contribution in [0, 0.1) is 11.3 Å². The van der Waals surface area contributed by atoms with Crippen molar-refractivity contribution in [2.75, 3.05) is 6.61 Å². The van der Waals surface area contributed by atoms with Crippen molar-refractivity contribution < 1.29 is 23.9 Å². The summed E-state index contributed by atoms with van der Waals surface area (Å²) in [7, 11) is 0. The molecule has 3 aromatic carbocycles. The number of carbonyl (C=O) groups excluding carboxylic acids is 3. The van der Waals surface area contributed by atoms with E-state index in [9.17, 15) is 14.4 Å². The average molecular weight is 426 g/mol. The number of ether oxygens (including phenoxy) is 2. The molecule has 0 N–H and O–H groups in total. The molecule has 0 aromatic heterocycles. The molecule has 4 rings (SSSR count). The largest absolute Gasteiger partial charge is 0.490 e. The third-order valence-electron chi connectivity index (χ3n) is 4.97. The van der Waals surface area contributed by atoms with Gasteiger partial charge in [-0.05, 0) is 42.8 Å². The second kappa shape index (κ2) is 8.74. The van der Waals surface area contributed by atoms with Crippen LogP contribution in [0.25, 0.3) is 0 Å². The first kappa shape index (κ1) is 20.8. The van der Waals surface area contributed by atoms with Crippen molar-refractivity contribution in [2.24, 2.45) is 0 Å². The summed E-state index contributed by atoms with van der Waals surface area (Å²) < 4.78 is 10.9. The number of nitriles is 1. The molecule has 0 aliphatic carbocycles. The lowest BCUT2D eigenvalue weighted by molar-refractivity contribution is 0.0641. The van der Waals surface area contributed by atoms with Gasteiger partial charge in [0.05, 0.1) is 41.5 Å². The van der Waals surface area contributed by atoms with Gasteiger partial charge in [0.15, 0.2) is 11.5 Å². The second-order valence-electron chi connectivity index (χ2n) is 7.04. The Hall–Kier alpha value is -4.44. The fourth-order valence-corrected chi connectivity index (χ4v) is 3.42. The number of benzene rings is 3. The van der Waals surface area contributed by atoms with Crippen molar-refractivity contribution in [1.82, 2.24) is 4.90 Å². The number of amides is 2. The lowest BCUT2D eigenvalue weighted by atomic mass is 10.1. The highest BCUT2D eigenvalue weighted by Crippen LogP contribution is 2.30. The number of esters is 1. The van der Waals surface area contributed by atoms with E-state index in [-0.39, 0.29) is 34.7 Å². The molecule has 7 nitrogen and oxygen atoms in total. The lowest BCUT2D eigenvalue weighted by Gasteiger charge is -2.13. The van der Waals surface area contributed by atoms with E-state index in [1.54, 1.807) is 6.92 Å². The van der Waals surface area contributed by atoms with Gasteiger partial charge in [-0.25, -0.2) is 4.79 Å². The zero-order valence-corrected chi connectivity index (χ0v) is 17.2. The zero-order chi connectivity index (χ0) is 22.7. The monoisotopic (exact) mass is 426 g/mol. The van der Waals surface area contributed by atoms with Crippen molar-refractivity contribution in [3.63, 3.8) is 0 Å². The van der Waals surface area contributed by atoms with Crippen molar-refractivity contribution in [3.05, 3.63) is 94.5 Å². The molecule has 32 heavy (non-hydrogen) atoms. The highest BCUT2D eigenvalue weighted by Gasteiger charge is 2.36. The van der Waals surface area contributed by atoms with Gasteiger partial charge in [-0.15, -0.1) is 0 Å². The van der Waals surface area contributed by atoms with Gasteiger partial charge in [-0.1, -0.05) is 30.3 Å². The average Bonchev–Trinajstić information content (AvgIpc) is 3.05. The van der Waals surface area contributed by atoms with Gasteiger partial charge < -0.3 is 9.47 Å². The number of fused-ring (bicyclic) bond motifs is 1. The van der Waals surface area contributed by atoms with Crippen LogP contribution in [0.1, 0.15) is 49.1 Å². The number of hydrogen-bond donors (Lipinski definition) is 0. The summed E-state index contributed by atoms with van der Waals surface area (Å²) in [5.41, 5.74) is 1.72. The molecule has 1 aliphatic heterocycles. The normalized spacial score (nSPS) is 12.3. The molecule has 3 aromatic rings. The van der Waals surface area contributed by atoms with Gasteiger partial charge in [0.1, 0.15) is 0 Å². The number of imide groups is 1. The summed E-state index contributed by atoms with van der Waals surface area (Å²) in [6.07, 6.45) is 0. The molecule has 1 aliphatic rings. The van der Waals surface area contributed by atoms with Crippen LogP contribution in [0.4, 0.5) is 0 Å². The number of carbonyl (C=O) groups is 3. The number of hydrogen-bond acceptors (Lipinski definition) is 6. The molecule has 0 bridgehead atoms. The third kappa shape index (κ3) is 3.94. The molecule has 0 spiro atoms. The van der Waals surface area contributed by atoms with Crippen molar-refractivity contribution >= 4 is 17.8 Å². The Bertz CT molecular complexity index is 1260. The summed E-state index contributed by atoms with van der Waals surface area (Å²) in [6, 6.07) is 19.9. The van der Waals surface area contributed by atoms with Crippen LogP contribution in [0.5, 0.6) is 11.5 Å². The first-order valence-electron chi connectivity index (χ1n) is 9.95. The maximum absolute atomic E-state index is 12.9. The van der Waals surface area contributed by atoms with E-state index in [4.69, 9.17) is 14.7 Å². The van der Waals surface area contributed by atoms with Crippen LogP contribution in [-0.2, 0) is 6.54 Å². The molecule has 1 heterocycles. The van der Waals surface area contributed by atoms with Crippen LogP contribution in [0.3, 0.4) is 0 Å². The Morgan fingerprint density at radius 2 is 1.69 bits per heavy atom. The fraction of sp³-hybridized carbons (Fsp3) is 0.120. The summed E-state index contributed by atoms with van der Waals surface area (Å²) in [6.45, 7) is 2.25. The molecule has 0 saturated carbocycles. The third-order valence-corrected chi connectivity index (χ3v) is 4.97. The van der Waals surface area contributed by atoms with Crippen molar-refractivity contribution in [2.45, 2.75) is 13.5 Å². The molecular weight excluding hydrogens is 408 g/mol. The van der Waals surface area contributed by atoms with Gasteiger partial charge in [-0.3, -0.25) is 14.5 Å². The second-order valence-corrected chi connectivity index (χ2v) is 7.04. The topological polar surface area (TPSA) is 96.7 Å². The predicted octanol–water partition coefficient (Wildman–Crippen LogP) is 3.97. The van der Waals surface area contributed by atoms with Gasteiger partial charge >= 0.3 is 5.97 Å². The first-order valence-corrected chi connectivity index (χ1v) is 9.95. The zero-order valence-electron chi connectivity index (χ0n) is 17.2. The highest BCUT2D eigenvalue weighted by atomic mass is 16.6. The van der Waals surface area contributed by atoms with Crippen LogP contribution in [0.15, 0.2) is 66.7 Å². The minimum absolute atomic E-state index is 0.123. The molecule has 7 heteroatoms. The van der Waals surface area contributed by atoms with Gasteiger partial charge in [0.25, 0.3) is 11.8 Å². The maximum Gasteiger partial charge on any atom is 0.343 e. The van der Waals surface area contributed by atoms with Crippen LogP contribution in [-0.4, -0.2) is 29.3 Å². The molecule has 2 amide bonds. The van der Waals surface area contributed by atoms with Crippen LogP contribution in [0.2, 0.25) is 0 Å². The summed E-state index contributed by atoms with van der Waals surface area (Å²) in [4.78, 5) is 39.5. The van der Waals surface area contributed by atoms with Crippen LogP contribution < -0.4 is 9.47 Å². The van der Waals surface area contributed by atoms with E-state index in [1.807, 2.05) is 36.4 Å². The van der Waals surface area contributed by atoms with E-state index in [0.717, 1.165) is 10.5 Å². The standard InChI is InChI=1S/C25H18N2O5/c1-2-31-22-12-17(14-26)8-11-21(22)32-25(30)18-9-10-19-20(13-18)24(29)27(23(19)28)15-16-6-4-3-5-7-16/h3-13H,2,15H2,1H3. The number of nitrogens with zero attached hydrogens (tertiary/aromatic N) is 2. The molecule has 0 atom stereocenters. The predicted molar refractivity (Wildman–Crippen MR) is 114 cm³/mol. The van der Waals surface area contributed by atoms with Gasteiger partial charge in [-0.2, -0.15) is 5.26 Å². The van der Waals surface area contributed by atoms with E-state index in [0.29, 0.717) is 12.2 Å². The van der Waals surface area contributed by atoms with Crippen LogP contribution >= 0.6 is 0 Å². The summed E-state index contributed by atoms with van der Waals surface area (Å²) in [5, 5.41) is 9.05. The van der Waals surface area contributed by atoms with E-state index in [1.165, 1.54) is 36.4 Å². The van der Waals surface area contributed by atoms with E-state index in [2.05, 4.69) is 0 Å². The Labute approximate surface area is 184 Å². The molecule has 158 valence electrons. The van der Waals surface area contributed by atoms with Gasteiger partial charge in [0, 0.05) is 6.07 Å². The fourth-order valence-electron chi connectivity index (χ4n) is 3.42. The smallest absolute Gasteiger partial charge is 0.343 e. The van der Waals surface area contributed by atoms with Gasteiger partial charge in [0.2, 0.25) is 0 Å². The molecule has 0 fully saturated rings. The molecule has 0 radical (unpaired) electrons. The first-order chi connectivity index (χ1) is 15.5. The molecular formula is C25H18N2O5. The quantitative estimate of drug-likeness (QED) is 0.336. The van der Waals surface area contributed by atoms with Crippen molar-refractivity contribution in [3.8, 4) is 17.6 Å². The molecule has 0 unspecified atom stereocenters. The van der Waals surface area contributed by atoms with E-state index >= 15 is 0 Å². The maximum atomic E-state index is 12.9. The SMILES string of the molecule is CCOc1cc(C#N)ccc1OC(=O)c1ccc2c(c1)C(=O)N(Cc1ccccc1)C2=O. The lowest BCUT2D eigenvalue weighted by Crippen LogP contribution is -2.29. The summed E-state index contributed by atoms with van der Waals surface area (Å²) in [5.74, 6) is -1.15. The molecule has 0 saturated heterocycles. The minimum Gasteiger partial charge on any atom is -0.490 e. The Morgan fingerprint density at radius 3 is 2.41 bits per heavy atom. The Kier molecular flexibility index (Phi) is 5.69. The van der Waals surface area contributed by atoms with E-state index < -0.39 is 17.8 Å². The Balaban J connectivity index is 1.57. The highest BCUT2D eigenvalue weighted by molar-refractivity contribution is 6.21. The van der Waals surface area contributed by atoms with Crippen molar-refractivity contribution in [1.29, 1.82) is 5.26 Å². The minimum atomic E-state index is -0.708.